The lowest BCUT2D eigenvalue weighted by atomic mass is 9.90. The fourth-order valence-corrected chi connectivity index (χ4v) is 3.77. The molecule has 0 aromatic carbocycles. The quantitative estimate of drug-likeness (QED) is 0.917. The third-order valence-corrected chi connectivity index (χ3v) is 4.76. The molecule has 2 fully saturated rings. The highest BCUT2D eigenvalue weighted by Crippen LogP contribution is 2.33. The van der Waals surface area contributed by atoms with E-state index in [0.29, 0.717) is 12.1 Å². The number of ether oxygens (including phenoxy) is 1. The molecular weight excluding hydrogens is 266 g/mol. The number of nitrogens with zero attached hydrogens (tertiary/aromatic N) is 3. The van der Waals surface area contributed by atoms with Crippen molar-refractivity contribution in [2.24, 2.45) is 0 Å². The van der Waals surface area contributed by atoms with E-state index in [4.69, 9.17) is 9.72 Å². The van der Waals surface area contributed by atoms with E-state index in [9.17, 15) is 5.11 Å². The standard InChI is InChI=1S/C16H21N3O2/c20-11-13-16(17-15-7-3-4-8-18(13)15)19-9-10-21-14-6-2-1-5-12(14)19/h3-4,7-8,12,14,20H,1-2,5-6,9-11H2. The largest absolute Gasteiger partial charge is 0.390 e. The van der Waals surface area contributed by atoms with Crippen LogP contribution in [0.4, 0.5) is 5.82 Å². The lowest BCUT2D eigenvalue weighted by molar-refractivity contribution is -0.00909. The molecule has 1 aliphatic carbocycles. The van der Waals surface area contributed by atoms with Gasteiger partial charge in [-0.05, 0) is 25.0 Å². The maximum Gasteiger partial charge on any atom is 0.153 e. The SMILES string of the molecule is OCc1c(N2CCOC3CCCCC32)nc2ccccn12. The zero-order valence-corrected chi connectivity index (χ0v) is 12.1. The summed E-state index contributed by atoms with van der Waals surface area (Å²) in [5, 5.41) is 9.81. The normalized spacial score (nSPS) is 26.0. The molecule has 2 aromatic heterocycles. The van der Waals surface area contributed by atoms with Gasteiger partial charge in [0.1, 0.15) is 5.65 Å². The molecule has 1 aliphatic heterocycles. The Kier molecular flexibility index (Phi) is 3.31. The zero-order chi connectivity index (χ0) is 14.2. The number of hydrogen-bond acceptors (Lipinski definition) is 4. The summed E-state index contributed by atoms with van der Waals surface area (Å²) < 4.78 is 7.93. The van der Waals surface area contributed by atoms with Gasteiger partial charge < -0.3 is 14.7 Å². The minimum atomic E-state index is 0.00918. The Morgan fingerprint density at radius 2 is 2.19 bits per heavy atom. The molecule has 1 saturated carbocycles. The Bertz CT molecular complexity index is 637. The summed E-state index contributed by atoms with van der Waals surface area (Å²) >= 11 is 0. The van der Waals surface area contributed by atoms with Gasteiger partial charge in [0.05, 0.1) is 31.1 Å². The maximum atomic E-state index is 9.81. The van der Waals surface area contributed by atoms with Crippen LogP contribution in [0.25, 0.3) is 5.65 Å². The fourth-order valence-electron chi connectivity index (χ4n) is 3.77. The van der Waals surface area contributed by atoms with Crippen molar-refractivity contribution >= 4 is 11.5 Å². The third-order valence-electron chi connectivity index (χ3n) is 4.76. The minimum Gasteiger partial charge on any atom is -0.390 e. The van der Waals surface area contributed by atoms with Gasteiger partial charge >= 0.3 is 0 Å². The molecule has 0 amide bonds. The Balaban J connectivity index is 1.77. The lowest BCUT2D eigenvalue weighted by Crippen LogP contribution is -2.53. The van der Waals surface area contributed by atoms with Gasteiger partial charge in [0.15, 0.2) is 5.82 Å². The van der Waals surface area contributed by atoms with Crippen LogP contribution in [0.1, 0.15) is 31.4 Å². The van der Waals surface area contributed by atoms with Crippen molar-refractivity contribution in [2.45, 2.75) is 44.4 Å². The number of pyridine rings is 1. The van der Waals surface area contributed by atoms with Crippen LogP contribution in [0.5, 0.6) is 0 Å². The smallest absolute Gasteiger partial charge is 0.153 e. The first-order chi connectivity index (χ1) is 10.4. The molecular formula is C16H21N3O2. The summed E-state index contributed by atoms with van der Waals surface area (Å²) in [6.07, 6.45) is 7.10. The summed E-state index contributed by atoms with van der Waals surface area (Å²) in [5.41, 5.74) is 1.78. The van der Waals surface area contributed by atoms with Gasteiger partial charge in [-0.1, -0.05) is 18.9 Å². The number of fused-ring (bicyclic) bond motifs is 2. The van der Waals surface area contributed by atoms with Crippen molar-refractivity contribution in [2.75, 3.05) is 18.1 Å². The van der Waals surface area contributed by atoms with E-state index in [2.05, 4.69) is 4.90 Å². The summed E-state index contributed by atoms with van der Waals surface area (Å²) in [6.45, 7) is 1.62. The molecule has 2 aliphatic rings. The molecule has 2 unspecified atom stereocenters. The highest BCUT2D eigenvalue weighted by molar-refractivity contribution is 5.56. The van der Waals surface area contributed by atoms with E-state index in [1.54, 1.807) is 0 Å². The second-order valence-corrected chi connectivity index (χ2v) is 5.92. The highest BCUT2D eigenvalue weighted by atomic mass is 16.5. The van der Waals surface area contributed by atoms with Crippen molar-refractivity contribution in [1.82, 2.24) is 9.38 Å². The number of aliphatic hydroxyl groups is 1. The van der Waals surface area contributed by atoms with Crippen LogP contribution >= 0.6 is 0 Å². The zero-order valence-electron chi connectivity index (χ0n) is 12.1. The third kappa shape index (κ3) is 2.12. The van der Waals surface area contributed by atoms with E-state index in [1.807, 2.05) is 28.8 Å². The molecule has 1 saturated heterocycles. The highest BCUT2D eigenvalue weighted by Gasteiger charge is 2.36. The molecule has 2 aromatic rings. The molecule has 2 atom stereocenters. The summed E-state index contributed by atoms with van der Waals surface area (Å²) in [6, 6.07) is 6.35. The minimum absolute atomic E-state index is 0.00918. The predicted octanol–water partition coefficient (Wildman–Crippen LogP) is 1.97. The van der Waals surface area contributed by atoms with E-state index in [-0.39, 0.29) is 6.61 Å². The van der Waals surface area contributed by atoms with E-state index >= 15 is 0 Å². The average molecular weight is 287 g/mol. The summed E-state index contributed by atoms with van der Waals surface area (Å²) in [7, 11) is 0. The first-order valence-electron chi connectivity index (χ1n) is 7.83. The molecule has 3 heterocycles. The van der Waals surface area contributed by atoms with Gasteiger partial charge in [0.2, 0.25) is 0 Å². The van der Waals surface area contributed by atoms with Crippen molar-refractivity contribution < 1.29 is 9.84 Å². The molecule has 5 heteroatoms. The first kappa shape index (κ1) is 13.1. The van der Waals surface area contributed by atoms with E-state index in [1.165, 1.54) is 12.8 Å². The molecule has 1 N–H and O–H groups in total. The fraction of sp³-hybridized carbons (Fsp3) is 0.562. The molecule has 5 nitrogen and oxygen atoms in total. The van der Waals surface area contributed by atoms with Gasteiger partial charge in [-0.2, -0.15) is 0 Å². The van der Waals surface area contributed by atoms with Crippen LogP contribution in [-0.4, -0.2) is 39.8 Å². The number of aliphatic hydroxyl groups excluding tert-OH is 1. The van der Waals surface area contributed by atoms with Crippen LogP contribution in [0, 0.1) is 0 Å². The number of morpholine rings is 1. The second kappa shape index (κ2) is 5.31. The first-order valence-corrected chi connectivity index (χ1v) is 7.83. The molecule has 21 heavy (non-hydrogen) atoms. The number of hydrogen-bond donors (Lipinski definition) is 1. The molecule has 0 spiro atoms. The number of imidazole rings is 1. The Labute approximate surface area is 124 Å². The topological polar surface area (TPSA) is 50.0 Å². The summed E-state index contributed by atoms with van der Waals surface area (Å²) in [4.78, 5) is 7.14. The maximum absolute atomic E-state index is 9.81. The predicted molar refractivity (Wildman–Crippen MR) is 80.5 cm³/mol. The number of aromatic nitrogens is 2. The van der Waals surface area contributed by atoms with E-state index < -0.39 is 0 Å². The summed E-state index contributed by atoms with van der Waals surface area (Å²) in [5.74, 6) is 0.934. The van der Waals surface area contributed by atoms with Crippen LogP contribution in [0.3, 0.4) is 0 Å². The molecule has 0 bridgehead atoms. The van der Waals surface area contributed by atoms with Crippen LogP contribution in [0.2, 0.25) is 0 Å². The van der Waals surface area contributed by atoms with Crippen molar-refractivity contribution in [3.05, 3.63) is 30.1 Å². The number of rotatable bonds is 2. The van der Waals surface area contributed by atoms with Crippen LogP contribution < -0.4 is 4.90 Å². The van der Waals surface area contributed by atoms with Crippen LogP contribution in [0.15, 0.2) is 24.4 Å². The molecule has 0 radical (unpaired) electrons. The molecule has 112 valence electrons. The molecule has 4 rings (SSSR count). The monoisotopic (exact) mass is 287 g/mol. The van der Waals surface area contributed by atoms with Gasteiger partial charge in [0, 0.05) is 12.7 Å². The van der Waals surface area contributed by atoms with Crippen molar-refractivity contribution in [3.8, 4) is 0 Å². The lowest BCUT2D eigenvalue weighted by Gasteiger charge is -2.44. The van der Waals surface area contributed by atoms with Crippen molar-refractivity contribution in [3.63, 3.8) is 0 Å². The van der Waals surface area contributed by atoms with Gasteiger partial charge in [-0.15, -0.1) is 0 Å². The average Bonchev–Trinajstić information content (AvgIpc) is 2.92. The second-order valence-electron chi connectivity index (χ2n) is 5.92. The van der Waals surface area contributed by atoms with Gasteiger partial charge in [-0.25, -0.2) is 4.98 Å². The van der Waals surface area contributed by atoms with Gasteiger partial charge in [-0.3, -0.25) is 4.40 Å². The van der Waals surface area contributed by atoms with Crippen molar-refractivity contribution in [1.29, 1.82) is 0 Å². The Morgan fingerprint density at radius 3 is 3.10 bits per heavy atom. The van der Waals surface area contributed by atoms with Gasteiger partial charge in [0.25, 0.3) is 0 Å². The Hall–Kier alpha value is -1.59. The van der Waals surface area contributed by atoms with E-state index in [0.717, 1.165) is 43.2 Å². The van der Waals surface area contributed by atoms with Crippen LogP contribution in [-0.2, 0) is 11.3 Å². The Morgan fingerprint density at radius 1 is 1.29 bits per heavy atom. The number of anilines is 1.